The first-order chi connectivity index (χ1) is 10.8. The molecule has 1 aliphatic heterocycles. The van der Waals surface area contributed by atoms with Crippen LogP contribution in [0.2, 0.25) is 0 Å². The highest BCUT2D eigenvalue weighted by Crippen LogP contribution is 2.30. The number of carbonyl (C=O) groups is 2. The molecule has 126 valence electrons. The Morgan fingerprint density at radius 2 is 2.04 bits per heavy atom. The van der Waals surface area contributed by atoms with Crippen molar-refractivity contribution in [2.24, 2.45) is 5.92 Å². The molecule has 2 rings (SSSR count). The Morgan fingerprint density at radius 3 is 2.70 bits per heavy atom. The van der Waals surface area contributed by atoms with Gasteiger partial charge in [-0.25, -0.2) is 0 Å². The minimum absolute atomic E-state index is 0.0127. The Morgan fingerprint density at radius 1 is 1.30 bits per heavy atom. The molecule has 1 heterocycles. The molecule has 4 nitrogen and oxygen atoms in total. The molecule has 1 aromatic rings. The van der Waals surface area contributed by atoms with Crippen LogP contribution in [0.1, 0.15) is 41.6 Å². The van der Waals surface area contributed by atoms with E-state index in [0.29, 0.717) is 19.5 Å². The average Bonchev–Trinajstić information content (AvgIpc) is 2.52. The van der Waals surface area contributed by atoms with E-state index in [2.05, 4.69) is 0 Å². The third-order valence-electron chi connectivity index (χ3n) is 4.01. The fourth-order valence-corrected chi connectivity index (χ4v) is 2.82. The summed E-state index contributed by atoms with van der Waals surface area (Å²) in [5.74, 6) is -1.24. The highest BCUT2D eigenvalue weighted by Gasteiger charge is 2.32. The van der Waals surface area contributed by atoms with Gasteiger partial charge in [0, 0.05) is 25.1 Å². The lowest BCUT2D eigenvalue weighted by molar-refractivity contribution is -0.138. The second-order valence-electron chi connectivity index (χ2n) is 5.77. The molecule has 1 amide bonds. The SMILES string of the molecule is O=C(O)CC[C@@H]1CCCN(C(=O)c2cccc(C(F)(F)F)c2)C1. The lowest BCUT2D eigenvalue weighted by atomic mass is 9.93. The number of rotatable bonds is 4. The molecule has 1 atom stereocenters. The topological polar surface area (TPSA) is 57.6 Å². The molecule has 0 bridgehead atoms. The van der Waals surface area contributed by atoms with E-state index >= 15 is 0 Å². The first kappa shape index (κ1) is 17.3. The number of aliphatic carboxylic acids is 1. The van der Waals surface area contributed by atoms with E-state index in [-0.39, 0.29) is 17.9 Å². The van der Waals surface area contributed by atoms with Gasteiger partial charge in [0.15, 0.2) is 0 Å². The standard InChI is InChI=1S/C16H18F3NO3/c17-16(18,19)13-5-1-4-12(9-13)15(23)20-8-2-3-11(10-20)6-7-14(21)22/h1,4-5,9,11H,2-3,6-8,10H2,(H,21,22)/t11-/m0/s1. The van der Waals surface area contributed by atoms with Crippen molar-refractivity contribution in [2.45, 2.75) is 31.9 Å². The van der Waals surface area contributed by atoms with E-state index < -0.39 is 23.6 Å². The summed E-state index contributed by atoms with van der Waals surface area (Å²) in [5, 5.41) is 8.72. The summed E-state index contributed by atoms with van der Waals surface area (Å²) in [5.41, 5.74) is -0.832. The summed E-state index contributed by atoms with van der Waals surface area (Å²) in [6.07, 6.45) is -2.41. The number of amides is 1. The van der Waals surface area contributed by atoms with Gasteiger partial charge in [0.2, 0.25) is 0 Å². The molecule has 1 saturated heterocycles. The highest BCUT2D eigenvalue weighted by atomic mass is 19.4. The molecule has 23 heavy (non-hydrogen) atoms. The predicted octanol–water partition coefficient (Wildman–Crippen LogP) is 3.42. The number of carboxylic acid groups (broad SMARTS) is 1. The van der Waals surface area contributed by atoms with Crippen molar-refractivity contribution in [1.29, 1.82) is 0 Å². The van der Waals surface area contributed by atoms with Gasteiger partial charge >= 0.3 is 12.1 Å². The fourth-order valence-electron chi connectivity index (χ4n) is 2.82. The second kappa shape index (κ2) is 7.02. The van der Waals surface area contributed by atoms with E-state index in [1.165, 1.54) is 17.0 Å². The van der Waals surface area contributed by atoms with Crippen molar-refractivity contribution in [3.8, 4) is 0 Å². The summed E-state index contributed by atoms with van der Waals surface area (Å²) in [6.45, 7) is 0.876. The smallest absolute Gasteiger partial charge is 0.416 e. The van der Waals surface area contributed by atoms with Gasteiger partial charge < -0.3 is 10.0 Å². The van der Waals surface area contributed by atoms with Crippen LogP contribution in [0.25, 0.3) is 0 Å². The monoisotopic (exact) mass is 329 g/mol. The number of piperidine rings is 1. The second-order valence-corrected chi connectivity index (χ2v) is 5.77. The van der Waals surface area contributed by atoms with E-state index in [4.69, 9.17) is 5.11 Å². The Kier molecular flexibility index (Phi) is 5.28. The van der Waals surface area contributed by atoms with Crippen molar-refractivity contribution < 1.29 is 27.9 Å². The number of halogens is 3. The first-order valence-corrected chi connectivity index (χ1v) is 7.45. The highest BCUT2D eigenvalue weighted by molar-refractivity contribution is 5.94. The van der Waals surface area contributed by atoms with Crippen LogP contribution in [0.5, 0.6) is 0 Å². The molecule has 1 fully saturated rings. The van der Waals surface area contributed by atoms with E-state index in [0.717, 1.165) is 25.0 Å². The summed E-state index contributed by atoms with van der Waals surface area (Å²) in [7, 11) is 0. The molecular formula is C16H18F3NO3. The van der Waals surface area contributed by atoms with Crippen molar-refractivity contribution in [1.82, 2.24) is 4.90 Å². The molecular weight excluding hydrogens is 311 g/mol. The zero-order chi connectivity index (χ0) is 17.0. The Bertz CT molecular complexity index is 586. The van der Waals surface area contributed by atoms with Gasteiger partial charge in [0.25, 0.3) is 5.91 Å². The number of carbonyl (C=O) groups excluding carboxylic acids is 1. The van der Waals surface area contributed by atoms with E-state index in [1.807, 2.05) is 0 Å². The van der Waals surface area contributed by atoms with Crippen molar-refractivity contribution in [3.05, 3.63) is 35.4 Å². The number of alkyl halides is 3. The van der Waals surface area contributed by atoms with E-state index in [1.54, 1.807) is 0 Å². The first-order valence-electron chi connectivity index (χ1n) is 7.45. The number of likely N-dealkylation sites (tertiary alicyclic amines) is 1. The van der Waals surface area contributed by atoms with Crippen LogP contribution in [0.3, 0.4) is 0 Å². The van der Waals surface area contributed by atoms with Crippen molar-refractivity contribution >= 4 is 11.9 Å². The van der Waals surface area contributed by atoms with Gasteiger partial charge in [0.1, 0.15) is 0 Å². The molecule has 0 aromatic heterocycles. The lowest BCUT2D eigenvalue weighted by Crippen LogP contribution is -2.40. The Balaban J connectivity index is 2.06. The van der Waals surface area contributed by atoms with Crippen molar-refractivity contribution in [3.63, 3.8) is 0 Å². The third-order valence-corrected chi connectivity index (χ3v) is 4.01. The van der Waals surface area contributed by atoms with Crippen LogP contribution < -0.4 is 0 Å². The third kappa shape index (κ3) is 4.71. The lowest BCUT2D eigenvalue weighted by Gasteiger charge is -2.32. The van der Waals surface area contributed by atoms with Gasteiger partial charge in [-0.2, -0.15) is 13.2 Å². The van der Waals surface area contributed by atoms with Crippen LogP contribution in [0, 0.1) is 5.92 Å². The minimum Gasteiger partial charge on any atom is -0.481 e. The molecule has 0 radical (unpaired) electrons. The van der Waals surface area contributed by atoms with E-state index in [9.17, 15) is 22.8 Å². The van der Waals surface area contributed by atoms with Crippen LogP contribution in [0.4, 0.5) is 13.2 Å². The Labute approximate surface area is 131 Å². The zero-order valence-corrected chi connectivity index (χ0v) is 12.5. The maximum atomic E-state index is 12.7. The maximum Gasteiger partial charge on any atom is 0.416 e. The van der Waals surface area contributed by atoms with Gasteiger partial charge in [0.05, 0.1) is 5.56 Å². The molecule has 1 aromatic carbocycles. The Hall–Kier alpha value is -2.05. The number of hydrogen-bond donors (Lipinski definition) is 1. The summed E-state index contributed by atoms with van der Waals surface area (Å²) >= 11 is 0. The van der Waals surface area contributed by atoms with Crippen LogP contribution in [0.15, 0.2) is 24.3 Å². The number of nitrogens with zero attached hydrogens (tertiary/aromatic N) is 1. The van der Waals surface area contributed by atoms with Gasteiger partial charge in [-0.05, 0) is 43.4 Å². The number of carboxylic acids is 1. The van der Waals surface area contributed by atoms with Crippen LogP contribution >= 0.6 is 0 Å². The summed E-state index contributed by atoms with van der Waals surface area (Å²) in [4.78, 5) is 24.5. The van der Waals surface area contributed by atoms with Crippen LogP contribution in [-0.4, -0.2) is 35.0 Å². The minimum atomic E-state index is -4.48. The summed E-state index contributed by atoms with van der Waals surface area (Å²) < 4.78 is 38.2. The fraction of sp³-hybridized carbons (Fsp3) is 0.500. The normalized spacial score (nSPS) is 18.7. The number of hydrogen-bond acceptors (Lipinski definition) is 2. The van der Waals surface area contributed by atoms with Gasteiger partial charge in [-0.1, -0.05) is 6.07 Å². The number of benzene rings is 1. The van der Waals surface area contributed by atoms with Gasteiger partial charge in [-0.15, -0.1) is 0 Å². The molecule has 0 aliphatic carbocycles. The average molecular weight is 329 g/mol. The quantitative estimate of drug-likeness (QED) is 0.921. The largest absolute Gasteiger partial charge is 0.481 e. The molecule has 7 heteroatoms. The molecule has 0 unspecified atom stereocenters. The van der Waals surface area contributed by atoms with Crippen molar-refractivity contribution in [2.75, 3.05) is 13.1 Å². The zero-order valence-electron chi connectivity index (χ0n) is 12.5. The molecule has 1 N–H and O–H groups in total. The maximum absolute atomic E-state index is 12.7. The predicted molar refractivity (Wildman–Crippen MR) is 76.9 cm³/mol. The summed E-state index contributed by atoms with van der Waals surface area (Å²) in [6, 6.07) is 4.40. The van der Waals surface area contributed by atoms with Crippen LogP contribution in [-0.2, 0) is 11.0 Å². The molecule has 1 aliphatic rings. The molecule has 0 saturated carbocycles. The van der Waals surface area contributed by atoms with Gasteiger partial charge in [-0.3, -0.25) is 9.59 Å². The molecule has 0 spiro atoms.